The van der Waals surface area contributed by atoms with Gasteiger partial charge in [-0.3, -0.25) is 0 Å². The van der Waals surface area contributed by atoms with Crippen LogP contribution < -0.4 is 0 Å². The third kappa shape index (κ3) is 1.50. The number of ether oxygens (including phenoxy) is 2. The topological polar surface area (TPSA) is 38.8 Å². The van der Waals surface area contributed by atoms with Gasteiger partial charge < -0.3 is 9.47 Å². The Hall–Kier alpha value is -1.72. The van der Waals surface area contributed by atoms with Crippen molar-refractivity contribution in [3.05, 3.63) is 69.4 Å². The van der Waals surface area contributed by atoms with Gasteiger partial charge in [0.15, 0.2) is 6.10 Å². The molecule has 0 bridgehead atoms. The van der Waals surface area contributed by atoms with Crippen LogP contribution in [-0.4, -0.2) is 5.97 Å². The summed E-state index contributed by atoms with van der Waals surface area (Å²) < 4.78 is 24.7. The predicted octanol–water partition coefficient (Wildman–Crippen LogP) is 3.68. The number of carbonyl (C=O) groups is 1. The van der Waals surface area contributed by atoms with Gasteiger partial charge in [-0.25, -0.2) is 9.18 Å². The molecule has 1 spiro atoms. The first-order valence-corrected chi connectivity index (χ1v) is 6.87. The summed E-state index contributed by atoms with van der Waals surface area (Å²) in [7, 11) is 0. The van der Waals surface area contributed by atoms with Gasteiger partial charge in [0.25, 0.3) is 5.79 Å². The summed E-state index contributed by atoms with van der Waals surface area (Å²) in [4.78, 5) is 11.8. The van der Waals surface area contributed by atoms with Crippen LogP contribution in [-0.2, 0) is 15.3 Å². The summed E-state index contributed by atoms with van der Waals surface area (Å²) in [6.45, 7) is 0. The highest BCUT2D eigenvalue weighted by Crippen LogP contribution is 2.61. The van der Waals surface area contributed by atoms with Crippen molar-refractivity contribution in [2.45, 2.75) is 11.9 Å². The largest absolute Gasteiger partial charge is 0.422 e. The molecule has 2 aliphatic rings. The number of hydrogen-bond donors (Lipinski definition) is 0. The van der Waals surface area contributed by atoms with Crippen molar-refractivity contribution in [3.63, 3.8) is 0 Å². The fourth-order valence-corrected chi connectivity index (χ4v) is 3.00. The summed E-state index contributed by atoms with van der Waals surface area (Å²) in [5.41, 5.74) is 2.02. The Bertz CT molecular complexity index is 746. The number of benzene rings is 2. The molecule has 5 heteroatoms. The van der Waals surface area contributed by atoms with Crippen LogP contribution in [0.5, 0.6) is 0 Å². The maximum atomic E-state index is 13.3. The summed E-state index contributed by atoms with van der Waals surface area (Å²) in [6, 6.07) is 11.8. The van der Waals surface area contributed by atoms with Gasteiger partial charge >= 0.3 is 5.97 Å². The van der Waals surface area contributed by atoms with Crippen molar-refractivity contribution in [1.29, 1.82) is 0 Å². The van der Waals surface area contributed by atoms with Crippen LogP contribution in [0.15, 0.2) is 46.9 Å². The van der Waals surface area contributed by atoms with E-state index in [0.29, 0.717) is 10.0 Å². The monoisotopic (exact) mass is 334 g/mol. The lowest BCUT2D eigenvalue weighted by molar-refractivity contribution is -0.00812. The van der Waals surface area contributed by atoms with E-state index in [-0.39, 0.29) is 11.8 Å². The van der Waals surface area contributed by atoms with Gasteiger partial charge in [-0.05, 0) is 39.7 Å². The third-order valence-corrected chi connectivity index (χ3v) is 4.20. The normalized spacial score (nSPS) is 26.5. The Morgan fingerprint density at radius 3 is 2.80 bits per heavy atom. The maximum Gasteiger partial charge on any atom is 0.341 e. The number of carbonyl (C=O) groups excluding carboxylic acids is 1. The van der Waals surface area contributed by atoms with Gasteiger partial charge in [-0.15, -0.1) is 0 Å². The van der Waals surface area contributed by atoms with Crippen LogP contribution in [0.4, 0.5) is 4.39 Å². The SMILES string of the molecule is O=C1O[C@]2(O[C@H]2c2ccc(F)c(Br)c2)c2ccccc21. The first kappa shape index (κ1) is 12.1. The molecule has 2 aromatic rings. The molecule has 2 aliphatic heterocycles. The highest BCUT2D eigenvalue weighted by atomic mass is 79.9. The molecule has 1 fully saturated rings. The molecule has 2 heterocycles. The minimum Gasteiger partial charge on any atom is -0.422 e. The van der Waals surface area contributed by atoms with Crippen molar-refractivity contribution in [1.82, 2.24) is 0 Å². The van der Waals surface area contributed by atoms with Gasteiger partial charge in [0, 0.05) is 5.56 Å². The van der Waals surface area contributed by atoms with Crippen LogP contribution in [0.25, 0.3) is 0 Å². The number of rotatable bonds is 1. The molecule has 0 aliphatic carbocycles. The maximum absolute atomic E-state index is 13.3. The van der Waals surface area contributed by atoms with Gasteiger partial charge in [0.2, 0.25) is 0 Å². The Morgan fingerprint density at radius 1 is 1.20 bits per heavy atom. The average Bonchev–Trinajstić information content (AvgIpc) is 3.09. The minimum atomic E-state index is -1.04. The van der Waals surface area contributed by atoms with Crippen LogP contribution in [0.3, 0.4) is 0 Å². The van der Waals surface area contributed by atoms with Crippen LogP contribution in [0.2, 0.25) is 0 Å². The summed E-state index contributed by atoms with van der Waals surface area (Å²) in [5, 5.41) is 0. The van der Waals surface area contributed by atoms with E-state index in [9.17, 15) is 9.18 Å². The molecule has 0 radical (unpaired) electrons. The number of hydrogen-bond acceptors (Lipinski definition) is 3. The zero-order valence-corrected chi connectivity index (χ0v) is 11.7. The van der Waals surface area contributed by atoms with Crippen LogP contribution in [0.1, 0.15) is 27.6 Å². The molecule has 2 aromatic carbocycles. The molecule has 100 valence electrons. The quantitative estimate of drug-likeness (QED) is 0.589. The van der Waals surface area contributed by atoms with E-state index in [0.717, 1.165) is 11.1 Å². The lowest BCUT2D eigenvalue weighted by Gasteiger charge is -2.05. The molecule has 0 saturated carbocycles. The lowest BCUT2D eigenvalue weighted by atomic mass is 9.99. The Kier molecular flexibility index (Phi) is 2.35. The lowest BCUT2D eigenvalue weighted by Crippen LogP contribution is -2.09. The predicted molar refractivity (Wildman–Crippen MR) is 71.5 cm³/mol. The second-order valence-electron chi connectivity index (χ2n) is 4.77. The second kappa shape index (κ2) is 3.90. The zero-order chi connectivity index (χ0) is 13.9. The Labute approximate surface area is 122 Å². The second-order valence-corrected chi connectivity index (χ2v) is 5.63. The summed E-state index contributed by atoms with van der Waals surface area (Å²) in [6.07, 6.45) is -0.396. The number of fused-ring (bicyclic) bond motifs is 2. The highest BCUT2D eigenvalue weighted by molar-refractivity contribution is 9.10. The van der Waals surface area contributed by atoms with Crippen LogP contribution >= 0.6 is 15.9 Å². The van der Waals surface area contributed by atoms with E-state index >= 15 is 0 Å². The highest BCUT2D eigenvalue weighted by Gasteiger charge is 2.67. The van der Waals surface area contributed by atoms with Crippen molar-refractivity contribution < 1.29 is 18.7 Å². The fourth-order valence-electron chi connectivity index (χ4n) is 2.60. The molecule has 0 aromatic heterocycles. The van der Waals surface area contributed by atoms with Crippen molar-refractivity contribution in [3.8, 4) is 0 Å². The first-order chi connectivity index (χ1) is 9.62. The molecule has 20 heavy (non-hydrogen) atoms. The molecule has 0 amide bonds. The smallest absolute Gasteiger partial charge is 0.341 e. The molecule has 1 saturated heterocycles. The van der Waals surface area contributed by atoms with E-state index in [2.05, 4.69) is 15.9 Å². The van der Waals surface area contributed by atoms with Gasteiger partial charge in [-0.1, -0.05) is 24.3 Å². The standard InChI is InChI=1S/C15H8BrFO3/c16-11-7-8(5-6-12(11)17)13-15(19-13)10-4-2-1-3-9(10)14(18)20-15/h1-7,13H/t13-,15+/m0/s1. The molecule has 3 nitrogen and oxygen atoms in total. The molecule has 0 N–H and O–H groups in total. The van der Waals surface area contributed by atoms with Gasteiger partial charge in [-0.2, -0.15) is 0 Å². The van der Waals surface area contributed by atoms with E-state index in [1.807, 2.05) is 12.1 Å². The average molecular weight is 335 g/mol. The summed E-state index contributed by atoms with van der Waals surface area (Å²) >= 11 is 3.14. The van der Waals surface area contributed by atoms with Crippen LogP contribution in [0, 0.1) is 5.82 Å². The number of esters is 1. The van der Waals surface area contributed by atoms with Gasteiger partial charge in [0.1, 0.15) is 5.82 Å². The van der Waals surface area contributed by atoms with E-state index in [1.54, 1.807) is 24.3 Å². The molecule has 0 unspecified atom stereocenters. The number of epoxide rings is 1. The minimum absolute atomic E-state index is 0.340. The third-order valence-electron chi connectivity index (χ3n) is 3.59. The van der Waals surface area contributed by atoms with Crippen molar-refractivity contribution in [2.75, 3.05) is 0 Å². The zero-order valence-electron chi connectivity index (χ0n) is 10.1. The Balaban J connectivity index is 1.76. The summed E-state index contributed by atoms with van der Waals surface area (Å²) in [5.74, 6) is -1.76. The molecular weight excluding hydrogens is 327 g/mol. The Morgan fingerprint density at radius 2 is 2.00 bits per heavy atom. The van der Waals surface area contributed by atoms with Crippen molar-refractivity contribution >= 4 is 21.9 Å². The number of halogens is 2. The van der Waals surface area contributed by atoms with E-state index in [4.69, 9.17) is 9.47 Å². The fraction of sp³-hybridized carbons (Fsp3) is 0.133. The van der Waals surface area contributed by atoms with Gasteiger partial charge in [0.05, 0.1) is 10.0 Å². The van der Waals surface area contributed by atoms with Crippen molar-refractivity contribution in [2.24, 2.45) is 0 Å². The molecular formula is C15H8BrFO3. The van der Waals surface area contributed by atoms with E-state index < -0.39 is 11.9 Å². The first-order valence-electron chi connectivity index (χ1n) is 6.07. The molecule has 2 atom stereocenters. The van der Waals surface area contributed by atoms with E-state index in [1.165, 1.54) is 6.07 Å². The molecule has 4 rings (SSSR count).